The SMILES string of the molecule is O=Cc1cc2nc[nH]c2cc1F. The van der Waals surface area contributed by atoms with Crippen molar-refractivity contribution in [2.45, 2.75) is 0 Å². The van der Waals surface area contributed by atoms with Crippen LogP contribution in [0.25, 0.3) is 11.0 Å². The quantitative estimate of drug-likeness (QED) is 0.649. The third kappa shape index (κ3) is 0.887. The van der Waals surface area contributed by atoms with E-state index in [2.05, 4.69) is 9.97 Å². The molecule has 1 aromatic heterocycles. The van der Waals surface area contributed by atoms with Crippen molar-refractivity contribution in [1.29, 1.82) is 0 Å². The lowest BCUT2D eigenvalue weighted by atomic mass is 10.2. The Labute approximate surface area is 67.2 Å². The molecule has 0 atom stereocenters. The first-order valence-corrected chi connectivity index (χ1v) is 3.39. The van der Waals surface area contributed by atoms with Crippen LogP contribution in [0.5, 0.6) is 0 Å². The fourth-order valence-corrected chi connectivity index (χ4v) is 1.06. The molecule has 2 aromatic rings. The van der Waals surface area contributed by atoms with Crippen LogP contribution >= 0.6 is 0 Å². The summed E-state index contributed by atoms with van der Waals surface area (Å²) in [5.74, 6) is -0.526. The third-order valence-corrected chi connectivity index (χ3v) is 1.67. The van der Waals surface area contributed by atoms with Crippen LogP contribution in [0.4, 0.5) is 4.39 Å². The summed E-state index contributed by atoms with van der Waals surface area (Å²) in [7, 11) is 0. The second-order valence-electron chi connectivity index (χ2n) is 2.41. The number of imidazole rings is 1. The Morgan fingerprint density at radius 1 is 1.50 bits per heavy atom. The van der Waals surface area contributed by atoms with E-state index in [1.807, 2.05) is 0 Å². The normalized spacial score (nSPS) is 10.4. The minimum Gasteiger partial charge on any atom is -0.345 e. The first kappa shape index (κ1) is 6.97. The van der Waals surface area contributed by atoms with Gasteiger partial charge in [0.2, 0.25) is 0 Å². The molecule has 0 unspecified atom stereocenters. The first-order valence-electron chi connectivity index (χ1n) is 3.39. The predicted octanol–water partition coefficient (Wildman–Crippen LogP) is 1.51. The average molecular weight is 164 g/mol. The van der Waals surface area contributed by atoms with Gasteiger partial charge in [-0.1, -0.05) is 0 Å². The Morgan fingerprint density at radius 2 is 2.33 bits per heavy atom. The Morgan fingerprint density at radius 3 is 3.08 bits per heavy atom. The lowest BCUT2D eigenvalue weighted by molar-refractivity contribution is 0.112. The summed E-state index contributed by atoms with van der Waals surface area (Å²) in [4.78, 5) is 16.9. The maximum Gasteiger partial charge on any atom is 0.153 e. The van der Waals surface area contributed by atoms with Crippen molar-refractivity contribution in [2.24, 2.45) is 0 Å². The molecule has 0 aliphatic carbocycles. The lowest BCUT2D eigenvalue weighted by Gasteiger charge is -1.92. The topological polar surface area (TPSA) is 45.8 Å². The van der Waals surface area contributed by atoms with Crippen LogP contribution in [0, 0.1) is 5.82 Å². The van der Waals surface area contributed by atoms with Crippen LogP contribution in [0.3, 0.4) is 0 Å². The van der Waals surface area contributed by atoms with E-state index in [1.54, 1.807) is 0 Å². The van der Waals surface area contributed by atoms with E-state index in [0.717, 1.165) is 0 Å². The summed E-state index contributed by atoms with van der Waals surface area (Å²) in [6.45, 7) is 0. The zero-order chi connectivity index (χ0) is 8.55. The molecule has 0 fully saturated rings. The number of hydrogen-bond donors (Lipinski definition) is 1. The van der Waals surface area contributed by atoms with E-state index >= 15 is 0 Å². The average Bonchev–Trinajstić information content (AvgIpc) is 2.49. The molecule has 12 heavy (non-hydrogen) atoms. The molecule has 60 valence electrons. The third-order valence-electron chi connectivity index (χ3n) is 1.67. The predicted molar refractivity (Wildman–Crippen MR) is 41.4 cm³/mol. The van der Waals surface area contributed by atoms with Crippen molar-refractivity contribution < 1.29 is 9.18 Å². The summed E-state index contributed by atoms with van der Waals surface area (Å²) in [5.41, 5.74) is 1.23. The minimum atomic E-state index is -0.526. The smallest absolute Gasteiger partial charge is 0.153 e. The van der Waals surface area contributed by atoms with Crippen LogP contribution in [0.2, 0.25) is 0 Å². The monoisotopic (exact) mass is 164 g/mol. The molecule has 2 rings (SSSR count). The summed E-state index contributed by atoms with van der Waals surface area (Å²) < 4.78 is 12.9. The maximum atomic E-state index is 12.9. The van der Waals surface area contributed by atoms with Gasteiger partial charge in [-0.25, -0.2) is 9.37 Å². The van der Waals surface area contributed by atoms with E-state index in [-0.39, 0.29) is 5.56 Å². The van der Waals surface area contributed by atoms with Crippen LogP contribution in [0.15, 0.2) is 18.5 Å². The van der Waals surface area contributed by atoms with Gasteiger partial charge < -0.3 is 4.98 Å². The number of hydrogen-bond acceptors (Lipinski definition) is 2. The van der Waals surface area contributed by atoms with E-state index in [0.29, 0.717) is 17.3 Å². The number of halogens is 1. The molecular weight excluding hydrogens is 159 g/mol. The molecule has 0 aliphatic rings. The number of carbonyl (C=O) groups is 1. The summed E-state index contributed by atoms with van der Waals surface area (Å²) in [6.07, 6.45) is 1.93. The number of fused-ring (bicyclic) bond motifs is 1. The number of nitrogens with one attached hydrogen (secondary N) is 1. The number of aromatic amines is 1. The number of rotatable bonds is 1. The van der Waals surface area contributed by atoms with Gasteiger partial charge in [-0.05, 0) is 6.07 Å². The van der Waals surface area contributed by atoms with E-state index in [1.165, 1.54) is 18.5 Å². The van der Waals surface area contributed by atoms with Crippen molar-refractivity contribution in [3.63, 3.8) is 0 Å². The number of benzene rings is 1. The fraction of sp³-hybridized carbons (Fsp3) is 0. The molecule has 0 radical (unpaired) electrons. The van der Waals surface area contributed by atoms with Crippen molar-refractivity contribution in [2.75, 3.05) is 0 Å². The molecule has 3 nitrogen and oxygen atoms in total. The highest BCUT2D eigenvalue weighted by Crippen LogP contribution is 2.13. The van der Waals surface area contributed by atoms with Gasteiger partial charge in [-0.2, -0.15) is 0 Å². The Hall–Kier alpha value is -1.71. The molecule has 0 bridgehead atoms. The highest BCUT2D eigenvalue weighted by Gasteiger charge is 2.04. The van der Waals surface area contributed by atoms with Crippen molar-refractivity contribution >= 4 is 17.3 Å². The molecule has 0 aliphatic heterocycles. The van der Waals surface area contributed by atoms with Gasteiger partial charge in [0.1, 0.15) is 5.82 Å². The second-order valence-corrected chi connectivity index (χ2v) is 2.41. The van der Waals surface area contributed by atoms with Crippen molar-refractivity contribution in [1.82, 2.24) is 9.97 Å². The van der Waals surface area contributed by atoms with Gasteiger partial charge in [0.05, 0.1) is 22.9 Å². The van der Waals surface area contributed by atoms with E-state index in [4.69, 9.17) is 0 Å². The Balaban J connectivity index is 2.81. The zero-order valence-electron chi connectivity index (χ0n) is 6.04. The Kier molecular flexibility index (Phi) is 1.40. The highest BCUT2D eigenvalue weighted by atomic mass is 19.1. The van der Waals surface area contributed by atoms with Gasteiger partial charge in [0, 0.05) is 6.07 Å². The summed E-state index contributed by atoms with van der Waals surface area (Å²) >= 11 is 0. The molecule has 1 heterocycles. The number of carbonyl (C=O) groups excluding carboxylic acids is 1. The molecule has 0 saturated carbocycles. The van der Waals surface area contributed by atoms with Gasteiger partial charge >= 0.3 is 0 Å². The highest BCUT2D eigenvalue weighted by molar-refractivity contribution is 5.84. The standard InChI is InChI=1S/C8H5FN2O/c9-6-2-8-7(10-4-11-8)1-5(6)3-12/h1-4H,(H,10,11). The molecule has 0 spiro atoms. The van der Waals surface area contributed by atoms with Crippen LogP contribution in [0.1, 0.15) is 10.4 Å². The van der Waals surface area contributed by atoms with Gasteiger partial charge in [0.25, 0.3) is 0 Å². The largest absolute Gasteiger partial charge is 0.345 e. The molecular formula is C8H5FN2O. The van der Waals surface area contributed by atoms with Crippen LogP contribution < -0.4 is 0 Å². The fourth-order valence-electron chi connectivity index (χ4n) is 1.06. The van der Waals surface area contributed by atoms with Crippen LogP contribution in [-0.2, 0) is 0 Å². The zero-order valence-corrected chi connectivity index (χ0v) is 6.04. The van der Waals surface area contributed by atoms with E-state index < -0.39 is 5.82 Å². The minimum absolute atomic E-state index is 0.0367. The molecule has 1 aromatic carbocycles. The maximum absolute atomic E-state index is 12.9. The summed E-state index contributed by atoms with van der Waals surface area (Å²) in [5, 5.41) is 0. The second kappa shape index (κ2) is 2.41. The van der Waals surface area contributed by atoms with Crippen molar-refractivity contribution in [3.8, 4) is 0 Å². The number of nitrogens with zero attached hydrogens (tertiary/aromatic N) is 1. The van der Waals surface area contributed by atoms with Crippen molar-refractivity contribution in [3.05, 3.63) is 29.8 Å². The van der Waals surface area contributed by atoms with E-state index in [9.17, 15) is 9.18 Å². The van der Waals surface area contributed by atoms with Gasteiger partial charge in [0.15, 0.2) is 6.29 Å². The lowest BCUT2D eigenvalue weighted by Crippen LogP contribution is -1.86. The summed E-state index contributed by atoms with van der Waals surface area (Å²) in [6, 6.07) is 2.67. The Bertz CT molecular complexity index is 436. The number of H-pyrrole nitrogens is 1. The van der Waals surface area contributed by atoms with Gasteiger partial charge in [-0.15, -0.1) is 0 Å². The number of aromatic nitrogens is 2. The molecule has 0 amide bonds. The van der Waals surface area contributed by atoms with Crippen LogP contribution in [-0.4, -0.2) is 16.3 Å². The molecule has 1 N–H and O–H groups in total. The first-order chi connectivity index (χ1) is 5.81. The molecule has 4 heteroatoms. The number of aldehydes is 1. The van der Waals surface area contributed by atoms with Gasteiger partial charge in [-0.3, -0.25) is 4.79 Å². The molecule has 0 saturated heterocycles.